The second-order valence-corrected chi connectivity index (χ2v) is 3.28. The third kappa shape index (κ3) is 2.21. The van der Waals surface area contributed by atoms with Crippen molar-refractivity contribution in [2.75, 3.05) is 0 Å². The van der Waals surface area contributed by atoms with Crippen molar-refractivity contribution in [3.63, 3.8) is 0 Å². The molecule has 13 heavy (non-hydrogen) atoms. The standard InChI is InChI=1S/C9H7Cl2FO/c1-2-9(13)5-3-8(12)7(11)4-6(5)10/h2-4,9,13H,1H2. The Kier molecular flexibility index (Phi) is 3.31. The Morgan fingerprint density at radius 1 is 1.38 bits per heavy atom. The van der Waals surface area contributed by atoms with Crippen LogP contribution in [0.5, 0.6) is 0 Å². The molecule has 0 aliphatic rings. The van der Waals surface area contributed by atoms with Gasteiger partial charge in [-0.2, -0.15) is 0 Å². The lowest BCUT2D eigenvalue weighted by Gasteiger charge is -2.08. The molecule has 0 bridgehead atoms. The van der Waals surface area contributed by atoms with Crippen LogP contribution in [0.25, 0.3) is 0 Å². The normalized spacial score (nSPS) is 12.6. The smallest absolute Gasteiger partial charge is 0.142 e. The van der Waals surface area contributed by atoms with Gasteiger partial charge in [0, 0.05) is 10.6 Å². The van der Waals surface area contributed by atoms with E-state index in [4.69, 9.17) is 23.2 Å². The number of hydrogen-bond donors (Lipinski definition) is 1. The van der Waals surface area contributed by atoms with Crippen LogP contribution in [-0.2, 0) is 0 Å². The molecule has 0 amide bonds. The van der Waals surface area contributed by atoms with Gasteiger partial charge in [-0.05, 0) is 12.1 Å². The molecule has 0 radical (unpaired) electrons. The Morgan fingerprint density at radius 3 is 2.54 bits per heavy atom. The van der Waals surface area contributed by atoms with E-state index in [2.05, 4.69) is 6.58 Å². The number of rotatable bonds is 2. The summed E-state index contributed by atoms with van der Waals surface area (Å²) in [5.74, 6) is -0.609. The molecule has 4 heteroatoms. The maximum absolute atomic E-state index is 12.9. The van der Waals surface area contributed by atoms with Crippen molar-refractivity contribution in [3.05, 3.63) is 46.2 Å². The van der Waals surface area contributed by atoms with E-state index in [1.807, 2.05) is 0 Å². The molecule has 0 spiro atoms. The monoisotopic (exact) mass is 220 g/mol. The Hall–Kier alpha value is -0.570. The van der Waals surface area contributed by atoms with Gasteiger partial charge in [0.05, 0.1) is 11.1 Å². The van der Waals surface area contributed by atoms with Crippen LogP contribution in [0.4, 0.5) is 4.39 Å². The number of halogens is 3. The minimum Gasteiger partial charge on any atom is -0.384 e. The highest BCUT2D eigenvalue weighted by atomic mass is 35.5. The molecule has 1 aromatic carbocycles. The van der Waals surface area contributed by atoms with Gasteiger partial charge in [-0.3, -0.25) is 0 Å². The van der Waals surface area contributed by atoms with Gasteiger partial charge in [0.2, 0.25) is 0 Å². The molecule has 1 rings (SSSR count). The van der Waals surface area contributed by atoms with Crippen molar-refractivity contribution >= 4 is 23.2 Å². The highest BCUT2D eigenvalue weighted by molar-refractivity contribution is 6.35. The molecule has 1 unspecified atom stereocenters. The third-order valence-corrected chi connectivity index (χ3v) is 2.20. The van der Waals surface area contributed by atoms with E-state index in [0.717, 1.165) is 6.07 Å². The van der Waals surface area contributed by atoms with Gasteiger partial charge in [-0.25, -0.2) is 4.39 Å². The van der Waals surface area contributed by atoms with Crippen molar-refractivity contribution in [1.82, 2.24) is 0 Å². The Morgan fingerprint density at radius 2 is 2.00 bits per heavy atom. The van der Waals surface area contributed by atoms with Crippen LogP contribution >= 0.6 is 23.2 Å². The van der Waals surface area contributed by atoms with Gasteiger partial charge >= 0.3 is 0 Å². The molecule has 0 saturated heterocycles. The molecule has 0 aromatic heterocycles. The molecule has 0 fully saturated rings. The highest BCUT2D eigenvalue weighted by Gasteiger charge is 2.11. The Bertz CT molecular complexity index is 339. The van der Waals surface area contributed by atoms with Crippen LogP contribution in [0.1, 0.15) is 11.7 Å². The lowest BCUT2D eigenvalue weighted by Crippen LogP contribution is -1.95. The molecular weight excluding hydrogens is 214 g/mol. The Balaban J connectivity index is 3.22. The van der Waals surface area contributed by atoms with Crippen LogP contribution in [0.15, 0.2) is 24.8 Å². The molecule has 1 nitrogen and oxygen atoms in total. The first kappa shape index (κ1) is 10.5. The molecule has 0 saturated carbocycles. The third-order valence-electron chi connectivity index (χ3n) is 1.58. The van der Waals surface area contributed by atoms with E-state index < -0.39 is 11.9 Å². The fourth-order valence-electron chi connectivity index (χ4n) is 0.892. The summed E-state index contributed by atoms with van der Waals surface area (Å²) in [6, 6.07) is 2.34. The van der Waals surface area contributed by atoms with E-state index in [9.17, 15) is 9.50 Å². The van der Waals surface area contributed by atoms with Gasteiger partial charge in [0.15, 0.2) is 0 Å². The topological polar surface area (TPSA) is 20.2 Å². The molecule has 0 aliphatic heterocycles. The SMILES string of the molecule is C=CC(O)c1cc(F)c(Cl)cc1Cl. The average molecular weight is 221 g/mol. The molecule has 1 N–H and O–H groups in total. The van der Waals surface area contributed by atoms with Crippen LogP contribution in [0.2, 0.25) is 10.0 Å². The number of aliphatic hydroxyl groups excluding tert-OH is 1. The summed E-state index contributed by atoms with van der Waals surface area (Å²) in [4.78, 5) is 0. The molecule has 70 valence electrons. The van der Waals surface area contributed by atoms with E-state index in [1.165, 1.54) is 12.1 Å². The zero-order chi connectivity index (χ0) is 10.0. The fraction of sp³-hybridized carbons (Fsp3) is 0.111. The fourth-order valence-corrected chi connectivity index (χ4v) is 1.39. The Labute approximate surface area is 85.4 Å². The molecule has 0 aliphatic carbocycles. The van der Waals surface area contributed by atoms with Crippen LogP contribution in [0.3, 0.4) is 0 Å². The zero-order valence-electron chi connectivity index (χ0n) is 6.60. The number of benzene rings is 1. The largest absolute Gasteiger partial charge is 0.384 e. The molecule has 1 atom stereocenters. The lowest BCUT2D eigenvalue weighted by atomic mass is 10.1. The quantitative estimate of drug-likeness (QED) is 0.599. The van der Waals surface area contributed by atoms with Crippen molar-refractivity contribution in [1.29, 1.82) is 0 Å². The van der Waals surface area contributed by atoms with Crippen molar-refractivity contribution < 1.29 is 9.50 Å². The predicted molar refractivity (Wildman–Crippen MR) is 51.6 cm³/mol. The summed E-state index contributed by atoms with van der Waals surface area (Å²) in [7, 11) is 0. The lowest BCUT2D eigenvalue weighted by molar-refractivity contribution is 0.228. The molecule has 1 aromatic rings. The zero-order valence-corrected chi connectivity index (χ0v) is 8.11. The van der Waals surface area contributed by atoms with Crippen molar-refractivity contribution in [3.8, 4) is 0 Å². The maximum Gasteiger partial charge on any atom is 0.142 e. The van der Waals surface area contributed by atoms with E-state index >= 15 is 0 Å². The number of aliphatic hydroxyl groups is 1. The molecular formula is C9H7Cl2FO. The summed E-state index contributed by atoms with van der Waals surface area (Å²) in [6.45, 7) is 3.37. The summed E-state index contributed by atoms with van der Waals surface area (Å²) in [5, 5.41) is 9.47. The van der Waals surface area contributed by atoms with Gasteiger partial charge in [0.1, 0.15) is 5.82 Å². The maximum atomic E-state index is 12.9. The minimum atomic E-state index is -0.973. The van der Waals surface area contributed by atoms with Crippen LogP contribution in [-0.4, -0.2) is 5.11 Å². The van der Waals surface area contributed by atoms with Gasteiger partial charge in [-0.15, -0.1) is 6.58 Å². The van der Waals surface area contributed by atoms with E-state index in [-0.39, 0.29) is 15.6 Å². The van der Waals surface area contributed by atoms with Gasteiger partial charge in [-0.1, -0.05) is 29.3 Å². The summed E-state index contributed by atoms with van der Waals surface area (Å²) < 4.78 is 12.9. The van der Waals surface area contributed by atoms with Crippen molar-refractivity contribution in [2.45, 2.75) is 6.10 Å². The second kappa shape index (κ2) is 4.09. The second-order valence-electron chi connectivity index (χ2n) is 2.47. The first-order valence-electron chi connectivity index (χ1n) is 3.51. The van der Waals surface area contributed by atoms with Crippen LogP contribution < -0.4 is 0 Å². The number of hydrogen-bond acceptors (Lipinski definition) is 1. The van der Waals surface area contributed by atoms with Crippen LogP contribution in [0, 0.1) is 5.82 Å². The molecule has 0 heterocycles. The van der Waals surface area contributed by atoms with E-state index in [0.29, 0.717) is 0 Å². The summed E-state index contributed by atoms with van der Waals surface area (Å²) in [5.41, 5.74) is 0.263. The van der Waals surface area contributed by atoms with Gasteiger partial charge in [0.25, 0.3) is 0 Å². The highest BCUT2D eigenvalue weighted by Crippen LogP contribution is 2.28. The van der Waals surface area contributed by atoms with Gasteiger partial charge < -0.3 is 5.11 Å². The summed E-state index contributed by atoms with van der Waals surface area (Å²) >= 11 is 11.2. The minimum absolute atomic E-state index is 0.0648. The first-order valence-corrected chi connectivity index (χ1v) is 4.27. The first-order chi connectivity index (χ1) is 6.06. The van der Waals surface area contributed by atoms with E-state index in [1.54, 1.807) is 0 Å². The average Bonchev–Trinajstić information content (AvgIpc) is 2.10. The summed E-state index contributed by atoms with van der Waals surface area (Å²) in [6.07, 6.45) is 0.286. The van der Waals surface area contributed by atoms with Crippen molar-refractivity contribution in [2.24, 2.45) is 0 Å². The predicted octanol–water partition coefficient (Wildman–Crippen LogP) is 3.35.